The Labute approximate surface area is 147 Å². The van der Waals surface area contributed by atoms with Gasteiger partial charge in [0.15, 0.2) is 17.3 Å². The van der Waals surface area contributed by atoms with Gasteiger partial charge in [-0.05, 0) is 6.42 Å². The molecule has 0 aliphatic rings. The Morgan fingerprint density at radius 2 is 1.17 bits per heavy atom. The van der Waals surface area contributed by atoms with Crippen LogP contribution in [0.25, 0.3) is 0 Å². The highest BCUT2D eigenvalue weighted by Crippen LogP contribution is 2.62. The van der Waals surface area contributed by atoms with Crippen molar-refractivity contribution in [3.05, 3.63) is 0 Å². The molecule has 0 aromatic rings. The summed E-state index contributed by atoms with van der Waals surface area (Å²) in [5.41, 5.74) is 0. The molecule has 0 aromatic heterocycles. The molecule has 0 aromatic carbocycles. The van der Waals surface area contributed by atoms with Crippen molar-refractivity contribution in [3.63, 3.8) is 0 Å². The second-order valence-corrected chi connectivity index (χ2v) is 9.44. The molecule has 1 nitrogen and oxygen atoms in total. The van der Waals surface area contributed by atoms with E-state index in [0.29, 0.717) is 6.42 Å². The maximum absolute atomic E-state index is 9.10. The maximum atomic E-state index is 9.10. The molecule has 0 bridgehead atoms. The zero-order chi connectivity index (χ0) is 14.8. The van der Waals surface area contributed by atoms with Crippen molar-refractivity contribution in [2.45, 2.75) is 43.5 Å². The van der Waals surface area contributed by atoms with Crippen LogP contribution in [-0.2, 0) is 0 Å². The molecule has 0 atom stereocenters. The predicted molar refractivity (Wildman–Crippen MR) is 84.4 cm³/mol. The molecule has 0 saturated heterocycles. The Morgan fingerprint density at radius 3 is 1.50 bits per heavy atom. The summed E-state index contributed by atoms with van der Waals surface area (Å²) in [6.45, 7) is 1.16. The topological polar surface area (TPSA) is 20.2 Å². The molecule has 0 fully saturated rings. The summed E-state index contributed by atoms with van der Waals surface area (Å²) in [4.78, 5) is 0. The summed E-state index contributed by atoms with van der Waals surface area (Å²) in [6, 6.07) is 0. The second kappa shape index (κ2) is 7.03. The average Bonchev–Trinajstić information content (AvgIpc) is 2.25. The molecule has 0 aliphatic carbocycles. The van der Waals surface area contributed by atoms with E-state index in [9.17, 15) is 0 Å². The van der Waals surface area contributed by atoms with Crippen molar-refractivity contribution < 1.29 is 5.11 Å². The van der Waals surface area contributed by atoms with Crippen LogP contribution in [0.4, 0.5) is 0 Å². The number of aliphatic hydroxyl groups excluding tert-OH is 1. The average molecular weight is 420 g/mol. The lowest BCUT2D eigenvalue weighted by Crippen LogP contribution is -2.59. The van der Waals surface area contributed by atoms with Gasteiger partial charge in [-0.25, -0.2) is 0 Å². The molecule has 1 N–H and O–H groups in total. The van der Waals surface area contributed by atoms with Gasteiger partial charge in [0.2, 0.25) is 0 Å². The van der Waals surface area contributed by atoms with Crippen LogP contribution in [-0.4, -0.2) is 29.0 Å². The number of alkyl halides is 8. The SMILES string of the molecule is CCCCC(Cl)(Cl)C(Cl)(Cl)C(Cl)(Cl)C(Cl)(Cl)CO. The molecule has 9 heteroatoms. The van der Waals surface area contributed by atoms with Gasteiger partial charge in [-0.3, -0.25) is 0 Å². The zero-order valence-electron chi connectivity index (χ0n) is 9.30. The minimum atomic E-state index is -2.18. The van der Waals surface area contributed by atoms with Crippen LogP contribution in [0.1, 0.15) is 26.2 Å². The Hall–Kier alpha value is 2.28. The van der Waals surface area contributed by atoms with Gasteiger partial charge in [0.1, 0.15) is 0 Å². The van der Waals surface area contributed by atoms with E-state index < -0.39 is 23.9 Å². The van der Waals surface area contributed by atoms with E-state index in [-0.39, 0.29) is 6.42 Å². The molecule has 0 rings (SSSR count). The Bertz CT molecular complexity index is 276. The number of rotatable bonds is 7. The summed E-state index contributed by atoms with van der Waals surface area (Å²) < 4.78 is -7.98. The van der Waals surface area contributed by atoms with Crippen LogP contribution in [0.2, 0.25) is 0 Å². The highest BCUT2D eigenvalue weighted by atomic mass is 35.6. The van der Waals surface area contributed by atoms with E-state index in [4.69, 9.17) is 97.9 Å². The molecule has 18 heavy (non-hydrogen) atoms. The Morgan fingerprint density at radius 1 is 0.778 bits per heavy atom. The van der Waals surface area contributed by atoms with Gasteiger partial charge in [0.05, 0.1) is 6.61 Å². The first-order valence-electron chi connectivity index (χ1n) is 4.99. The number of hydrogen-bond donors (Lipinski definition) is 1. The third-order valence-corrected chi connectivity index (χ3v) is 7.69. The van der Waals surface area contributed by atoms with Crippen LogP contribution in [0.5, 0.6) is 0 Å². The minimum Gasteiger partial charge on any atom is -0.393 e. The fraction of sp³-hybridized carbons (Fsp3) is 1.00. The Kier molecular flexibility index (Phi) is 7.92. The van der Waals surface area contributed by atoms with Crippen LogP contribution in [0, 0.1) is 0 Å². The van der Waals surface area contributed by atoms with Crippen molar-refractivity contribution in [2.75, 3.05) is 6.61 Å². The predicted octanol–water partition coefficient (Wildman–Crippen LogP) is 5.86. The fourth-order valence-corrected chi connectivity index (χ4v) is 3.29. The summed E-state index contributed by atoms with van der Waals surface area (Å²) in [5.74, 6) is 0. The number of aliphatic hydroxyl groups is 1. The van der Waals surface area contributed by atoms with Crippen molar-refractivity contribution >= 4 is 92.8 Å². The van der Waals surface area contributed by atoms with E-state index in [2.05, 4.69) is 0 Å². The normalized spacial score (nSPS) is 15.0. The van der Waals surface area contributed by atoms with Crippen molar-refractivity contribution in [1.82, 2.24) is 0 Å². The van der Waals surface area contributed by atoms with Gasteiger partial charge >= 0.3 is 0 Å². The third-order valence-electron chi connectivity index (χ3n) is 2.36. The second-order valence-electron chi connectivity index (χ2n) is 3.82. The molecule has 0 heterocycles. The van der Waals surface area contributed by atoms with Crippen molar-refractivity contribution in [2.24, 2.45) is 0 Å². The van der Waals surface area contributed by atoms with Gasteiger partial charge in [-0.1, -0.05) is 113 Å². The number of unbranched alkanes of at least 4 members (excludes halogenated alkanes) is 1. The monoisotopic (exact) mass is 416 g/mol. The van der Waals surface area contributed by atoms with Gasteiger partial charge in [-0.15, -0.1) is 0 Å². The van der Waals surface area contributed by atoms with Crippen LogP contribution in [0.15, 0.2) is 0 Å². The van der Waals surface area contributed by atoms with Gasteiger partial charge in [0, 0.05) is 0 Å². The van der Waals surface area contributed by atoms with E-state index in [0.717, 1.165) is 6.42 Å². The number of hydrogen-bond acceptors (Lipinski definition) is 1. The summed E-state index contributed by atoms with van der Waals surface area (Å²) >= 11 is 47.9. The first-order valence-corrected chi connectivity index (χ1v) is 8.02. The smallest absolute Gasteiger partial charge is 0.188 e. The highest BCUT2D eigenvalue weighted by Gasteiger charge is 2.67. The maximum Gasteiger partial charge on any atom is 0.188 e. The van der Waals surface area contributed by atoms with Gasteiger partial charge in [-0.2, -0.15) is 0 Å². The fourth-order valence-electron chi connectivity index (χ4n) is 1.11. The first-order chi connectivity index (χ1) is 7.87. The molecule has 0 saturated carbocycles. The van der Waals surface area contributed by atoms with Gasteiger partial charge in [0.25, 0.3) is 0 Å². The molecule has 0 spiro atoms. The molecule has 0 aliphatic heterocycles. The standard InChI is InChI=1S/C9H12Cl8O/c1-2-3-4-6(10,11)8(14,15)9(16,17)7(12,13)5-18/h18H,2-5H2,1H3. The molecule has 110 valence electrons. The number of halogens is 8. The lowest BCUT2D eigenvalue weighted by molar-refractivity contribution is 0.263. The Balaban J connectivity index is 5.35. The minimum absolute atomic E-state index is 0.232. The molecule has 0 unspecified atom stereocenters. The summed E-state index contributed by atoms with van der Waals surface area (Å²) in [5, 5.41) is 9.10. The molecule has 0 amide bonds. The lowest BCUT2D eigenvalue weighted by atomic mass is 10.1. The summed E-state index contributed by atoms with van der Waals surface area (Å²) in [7, 11) is 0. The van der Waals surface area contributed by atoms with Crippen molar-refractivity contribution in [3.8, 4) is 0 Å². The zero-order valence-corrected chi connectivity index (χ0v) is 15.3. The van der Waals surface area contributed by atoms with E-state index in [1.165, 1.54) is 0 Å². The molecule has 0 radical (unpaired) electrons. The molecular formula is C9H12Cl8O. The third kappa shape index (κ3) is 3.93. The van der Waals surface area contributed by atoms with Crippen LogP contribution >= 0.6 is 92.8 Å². The molecular weight excluding hydrogens is 408 g/mol. The van der Waals surface area contributed by atoms with Crippen LogP contribution in [0.3, 0.4) is 0 Å². The summed E-state index contributed by atoms with van der Waals surface area (Å²) in [6.07, 6.45) is 1.69. The first kappa shape index (κ1) is 20.3. The highest BCUT2D eigenvalue weighted by molar-refractivity contribution is 6.73. The quantitative estimate of drug-likeness (QED) is 0.512. The largest absolute Gasteiger partial charge is 0.393 e. The van der Waals surface area contributed by atoms with Crippen molar-refractivity contribution in [1.29, 1.82) is 0 Å². The van der Waals surface area contributed by atoms with E-state index >= 15 is 0 Å². The lowest BCUT2D eigenvalue weighted by Gasteiger charge is -2.45. The van der Waals surface area contributed by atoms with Crippen LogP contribution < -0.4 is 0 Å². The van der Waals surface area contributed by atoms with E-state index in [1.54, 1.807) is 0 Å². The van der Waals surface area contributed by atoms with Gasteiger partial charge < -0.3 is 5.11 Å². The van der Waals surface area contributed by atoms with E-state index in [1.807, 2.05) is 6.92 Å².